The SMILES string of the molecule is O.[Co].[Li].[Na]. The molecule has 0 unspecified atom stereocenters. The minimum absolute atomic E-state index is 0. The molecule has 0 aliphatic heterocycles. The molecule has 1 nitrogen and oxygen atoms in total. The molecular weight excluding hydrogens is 105 g/mol. The van der Waals surface area contributed by atoms with Crippen molar-refractivity contribution in [1.82, 2.24) is 0 Å². The molecule has 19 valence electrons. The van der Waals surface area contributed by atoms with Crippen LogP contribution in [0.2, 0.25) is 0 Å². The van der Waals surface area contributed by atoms with Gasteiger partial charge in [0.1, 0.15) is 0 Å². The summed E-state index contributed by atoms with van der Waals surface area (Å²) in [7, 11) is 0. The maximum Gasteiger partial charge on any atom is 0 e. The van der Waals surface area contributed by atoms with Gasteiger partial charge in [-0.05, 0) is 0 Å². The Morgan fingerprint density at radius 3 is 1.00 bits per heavy atom. The first-order chi connectivity index (χ1) is 0. The number of hydrogen-bond acceptors (Lipinski definition) is 0. The third-order valence-electron chi connectivity index (χ3n) is 0. The van der Waals surface area contributed by atoms with E-state index < -0.39 is 0 Å². The van der Waals surface area contributed by atoms with Crippen LogP contribution in [0.3, 0.4) is 0 Å². The van der Waals surface area contributed by atoms with Crippen LogP contribution < -0.4 is 0 Å². The van der Waals surface area contributed by atoms with Crippen LogP contribution in [-0.4, -0.2) is 53.9 Å². The average molecular weight is 107 g/mol. The van der Waals surface area contributed by atoms with E-state index in [0.717, 1.165) is 0 Å². The van der Waals surface area contributed by atoms with Crippen LogP contribution in [0, 0.1) is 0 Å². The fourth-order valence-corrected chi connectivity index (χ4v) is 0. The molecular formula is H2CoLiNaO. The van der Waals surface area contributed by atoms with Crippen molar-refractivity contribution < 1.29 is 22.3 Å². The van der Waals surface area contributed by atoms with Gasteiger partial charge < -0.3 is 5.48 Å². The third kappa shape index (κ3) is 8.96. The van der Waals surface area contributed by atoms with Crippen molar-refractivity contribution in [3.63, 3.8) is 0 Å². The molecule has 0 spiro atoms. The van der Waals surface area contributed by atoms with E-state index in [1.54, 1.807) is 0 Å². The third-order valence-corrected chi connectivity index (χ3v) is 0. The molecule has 0 heterocycles. The maximum absolute atomic E-state index is 0. The van der Waals surface area contributed by atoms with Gasteiger partial charge in [0.05, 0.1) is 0 Å². The minimum Gasteiger partial charge on any atom is -0.412 e. The molecule has 0 rings (SSSR count). The first-order valence-corrected chi connectivity index (χ1v) is 0. The number of rotatable bonds is 0. The zero-order valence-electron chi connectivity index (χ0n) is 2.83. The minimum atomic E-state index is 0. The monoisotopic (exact) mass is 107 g/mol. The molecule has 0 amide bonds. The predicted octanol–water partition coefficient (Wildman–Crippen LogP) is -1.59. The van der Waals surface area contributed by atoms with Crippen LogP contribution in [0.4, 0.5) is 0 Å². The van der Waals surface area contributed by atoms with Crippen molar-refractivity contribution >= 4 is 48.4 Å². The van der Waals surface area contributed by atoms with Crippen LogP contribution in [0.5, 0.6) is 0 Å². The van der Waals surface area contributed by atoms with Crippen molar-refractivity contribution in [2.24, 2.45) is 0 Å². The van der Waals surface area contributed by atoms with Gasteiger partial charge in [0, 0.05) is 65.2 Å². The van der Waals surface area contributed by atoms with Crippen LogP contribution in [0.1, 0.15) is 0 Å². The van der Waals surface area contributed by atoms with E-state index in [1.165, 1.54) is 0 Å². The van der Waals surface area contributed by atoms with Gasteiger partial charge in [-0.1, -0.05) is 0 Å². The van der Waals surface area contributed by atoms with Crippen LogP contribution in [0.25, 0.3) is 0 Å². The fraction of sp³-hybridized carbons (Fsp3) is 0. The summed E-state index contributed by atoms with van der Waals surface area (Å²) in [4.78, 5) is 0. The summed E-state index contributed by atoms with van der Waals surface area (Å²) >= 11 is 0. The van der Waals surface area contributed by atoms with Gasteiger partial charge in [-0.3, -0.25) is 0 Å². The molecule has 0 aromatic heterocycles. The second-order valence-electron chi connectivity index (χ2n) is 0. The Kier molecular flexibility index (Phi) is 179. The van der Waals surface area contributed by atoms with E-state index in [4.69, 9.17) is 0 Å². The van der Waals surface area contributed by atoms with Crippen molar-refractivity contribution in [1.29, 1.82) is 0 Å². The summed E-state index contributed by atoms with van der Waals surface area (Å²) in [6.45, 7) is 0. The summed E-state index contributed by atoms with van der Waals surface area (Å²) < 4.78 is 0. The second kappa shape index (κ2) is 19.6. The van der Waals surface area contributed by atoms with E-state index in [2.05, 4.69) is 0 Å². The maximum atomic E-state index is 0. The molecule has 4 heteroatoms. The first-order valence-electron chi connectivity index (χ1n) is 0. The largest absolute Gasteiger partial charge is 0.412 e. The van der Waals surface area contributed by atoms with Crippen molar-refractivity contribution in [2.45, 2.75) is 0 Å². The van der Waals surface area contributed by atoms with E-state index in [-0.39, 0.29) is 70.7 Å². The Labute approximate surface area is 69.9 Å². The van der Waals surface area contributed by atoms with Gasteiger partial charge in [-0.15, -0.1) is 0 Å². The Morgan fingerprint density at radius 2 is 1.00 bits per heavy atom. The second-order valence-corrected chi connectivity index (χ2v) is 0. The van der Waals surface area contributed by atoms with Crippen LogP contribution in [-0.2, 0) is 16.8 Å². The Hall–Kier alpha value is 2.06. The van der Waals surface area contributed by atoms with Crippen molar-refractivity contribution in [2.75, 3.05) is 0 Å². The quantitative estimate of drug-likeness (QED) is 0.334. The Morgan fingerprint density at radius 1 is 1.00 bits per heavy atom. The topological polar surface area (TPSA) is 31.5 Å². The molecule has 0 aromatic rings. The molecule has 3 radical (unpaired) electrons. The van der Waals surface area contributed by atoms with Gasteiger partial charge >= 0.3 is 0 Å². The summed E-state index contributed by atoms with van der Waals surface area (Å²) in [6, 6.07) is 0. The van der Waals surface area contributed by atoms with Crippen LogP contribution in [0.15, 0.2) is 0 Å². The van der Waals surface area contributed by atoms with Gasteiger partial charge in [-0.25, -0.2) is 0 Å². The van der Waals surface area contributed by atoms with Gasteiger partial charge in [-0.2, -0.15) is 0 Å². The van der Waals surface area contributed by atoms with Gasteiger partial charge in [0.2, 0.25) is 0 Å². The van der Waals surface area contributed by atoms with E-state index in [9.17, 15) is 0 Å². The average Bonchev–Trinajstić information content (AvgIpc) is 0. The first kappa shape index (κ1) is 36.5. The molecule has 0 bridgehead atoms. The van der Waals surface area contributed by atoms with Crippen LogP contribution >= 0.6 is 0 Å². The number of hydrogen-bond donors (Lipinski definition) is 0. The summed E-state index contributed by atoms with van der Waals surface area (Å²) in [5, 5.41) is 0. The summed E-state index contributed by atoms with van der Waals surface area (Å²) in [5.41, 5.74) is 0. The molecule has 0 aromatic carbocycles. The zero-order chi connectivity index (χ0) is 0. The smallest absolute Gasteiger partial charge is 0 e. The van der Waals surface area contributed by atoms with E-state index >= 15 is 0 Å². The Balaban J connectivity index is 0. The summed E-state index contributed by atoms with van der Waals surface area (Å²) in [5.74, 6) is 0. The predicted molar refractivity (Wildman–Crippen MR) is 15.1 cm³/mol. The fourth-order valence-electron chi connectivity index (χ4n) is 0. The normalized spacial score (nSPS) is 0. The van der Waals surface area contributed by atoms with E-state index in [0.29, 0.717) is 0 Å². The molecule has 0 aliphatic rings. The summed E-state index contributed by atoms with van der Waals surface area (Å²) in [6.07, 6.45) is 0. The molecule has 4 heavy (non-hydrogen) atoms. The molecule has 2 N–H and O–H groups in total. The zero-order valence-corrected chi connectivity index (χ0v) is 5.87. The molecule has 0 aliphatic carbocycles. The Bertz CT molecular complexity index is 8.00. The molecule has 0 fully saturated rings. The van der Waals surface area contributed by atoms with Crippen molar-refractivity contribution in [3.8, 4) is 0 Å². The molecule has 0 saturated carbocycles. The standard InChI is InChI=1S/Co.Li.Na.H2O/h;;;1H2. The molecule has 0 saturated heterocycles. The van der Waals surface area contributed by atoms with Gasteiger partial charge in [0.25, 0.3) is 0 Å². The molecule has 0 atom stereocenters. The van der Waals surface area contributed by atoms with E-state index in [1.807, 2.05) is 0 Å². The van der Waals surface area contributed by atoms with Gasteiger partial charge in [0.15, 0.2) is 0 Å². The van der Waals surface area contributed by atoms with Crippen molar-refractivity contribution in [3.05, 3.63) is 0 Å².